The Labute approximate surface area is 327 Å². The fraction of sp³-hybridized carbons (Fsp3) is 0.333. The van der Waals surface area contributed by atoms with Gasteiger partial charge in [-0.05, 0) is 46.5 Å². The van der Waals surface area contributed by atoms with Crippen LogP contribution in [-0.2, 0) is 22.7 Å². The maximum Gasteiger partial charge on any atom is 0.220 e. The van der Waals surface area contributed by atoms with Crippen molar-refractivity contribution in [3.05, 3.63) is 108 Å². The number of pyridine rings is 2. The Hall–Kier alpha value is -4.94. The molecule has 2 heterocycles. The second-order valence-corrected chi connectivity index (χ2v) is 14.9. The zero-order valence-corrected chi connectivity index (χ0v) is 33.3. The van der Waals surface area contributed by atoms with Crippen LogP contribution in [0, 0.1) is 0 Å². The standard InChI is InChI=1S/C42H50N4O6S2/c1-49-37-15-13-35(31-39(37)51-3)11-9-33-17-25-45(26-18-33)23-5-7-41(47)43-21-29-53-54-30-22-44-42(48)8-6-24-46-27-19-34(20-28-46)10-12-36-14-16-38(50-2)40(32-36)52-4/h9-20,25-28,31-32H,5-8,21-24,29-30H2,1-4H3/p+2. The van der Waals surface area contributed by atoms with Crippen LogP contribution in [0.5, 0.6) is 23.0 Å². The van der Waals surface area contributed by atoms with Gasteiger partial charge < -0.3 is 29.6 Å². The van der Waals surface area contributed by atoms with Gasteiger partial charge in [-0.1, -0.05) is 58.0 Å². The molecule has 0 radical (unpaired) electrons. The number of amides is 2. The molecule has 0 saturated carbocycles. The number of hydrogen-bond acceptors (Lipinski definition) is 8. The van der Waals surface area contributed by atoms with Crippen molar-refractivity contribution in [2.45, 2.75) is 38.8 Å². The number of aromatic nitrogens is 2. The zero-order valence-electron chi connectivity index (χ0n) is 31.6. The zero-order chi connectivity index (χ0) is 38.4. The van der Waals surface area contributed by atoms with Crippen molar-refractivity contribution in [1.82, 2.24) is 10.6 Å². The van der Waals surface area contributed by atoms with Gasteiger partial charge in [0, 0.05) is 74.5 Å². The molecule has 0 spiro atoms. The number of hydrogen-bond donors (Lipinski definition) is 2. The van der Waals surface area contributed by atoms with Crippen LogP contribution >= 0.6 is 21.6 Å². The maximum atomic E-state index is 12.3. The molecule has 10 nitrogen and oxygen atoms in total. The molecule has 0 aliphatic heterocycles. The minimum absolute atomic E-state index is 0.0694. The van der Waals surface area contributed by atoms with E-state index in [1.807, 2.05) is 73.3 Å². The van der Waals surface area contributed by atoms with Crippen molar-refractivity contribution in [1.29, 1.82) is 0 Å². The lowest BCUT2D eigenvalue weighted by Gasteiger charge is -2.07. The van der Waals surface area contributed by atoms with Gasteiger partial charge in [-0.25, -0.2) is 9.13 Å². The number of nitrogens with zero attached hydrogens (tertiary/aromatic N) is 2. The lowest BCUT2D eigenvalue weighted by molar-refractivity contribution is -0.697. The summed E-state index contributed by atoms with van der Waals surface area (Å²) in [6.07, 6.45) is 18.8. The van der Waals surface area contributed by atoms with E-state index >= 15 is 0 Å². The first-order valence-corrected chi connectivity index (χ1v) is 20.5. The molecule has 286 valence electrons. The molecule has 0 aliphatic carbocycles. The maximum absolute atomic E-state index is 12.3. The molecule has 0 aliphatic rings. The van der Waals surface area contributed by atoms with Crippen molar-refractivity contribution >= 4 is 57.7 Å². The Morgan fingerprint density at radius 1 is 0.537 bits per heavy atom. The summed E-state index contributed by atoms with van der Waals surface area (Å²) in [5.74, 6) is 4.58. The van der Waals surface area contributed by atoms with Crippen LogP contribution in [0.15, 0.2) is 85.5 Å². The summed E-state index contributed by atoms with van der Waals surface area (Å²) < 4.78 is 25.5. The normalized spacial score (nSPS) is 11.1. The molecule has 4 rings (SSSR count). The van der Waals surface area contributed by atoms with Crippen LogP contribution in [0.3, 0.4) is 0 Å². The Balaban J connectivity index is 0.983. The first-order chi connectivity index (χ1) is 26.4. The highest BCUT2D eigenvalue weighted by molar-refractivity contribution is 8.76. The third-order valence-corrected chi connectivity index (χ3v) is 10.7. The highest BCUT2D eigenvalue weighted by Crippen LogP contribution is 2.29. The molecule has 2 aromatic carbocycles. The van der Waals surface area contributed by atoms with E-state index in [0.29, 0.717) is 48.9 Å². The van der Waals surface area contributed by atoms with Gasteiger partial charge in [0.1, 0.15) is 13.1 Å². The summed E-state index contributed by atoms with van der Waals surface area (Å²) in [5.41, 5.74) is 4.22. The van der Waals surface area contributed by atoms with Crippen LogP contribution in [-0.4, -0.2) is 64.8 Å². The first-order valence-electron chi connectivity index (χ1n) is 18.0. The number of carbonyl (C=O) groups is 2. The molecule has 0 fully saturated rings. The minimum atomic E-state index is 0.0694. The lowest BCUT2D eigenvalue weighted by Crippen LogP contribution is -2.34. The number of benzene rings is 2. The first kappa shape index (κ1) is 41.8. The van der Waals surface area contributed by atoms with Gasteiger partial charge in [0.25, 0.3) is 0 Å². The van der Waals surface area contributed by atoms with Crippen molar-refractivity contribution in [2.75, 3.05) is 53.0 Å². The summed E-state index contributed by atoms with van der Waals surface area (Å²) in [7, 11) is 9.92. The molecule has 0 saturated heterocycles. The average molecular weight is 773 g/mol. The molecular weight excluding hydrogens is 721 g/mol. The molecule has 2 amide bonds. The summed E-state index contributed by atoms with van der Waals surface area (Å²) in [5, 5.41) is 6.01. The lowest BCUT2D eigenvalue weighted by atomic mass is 10.1. The van der Waals surface area contributed by atoms with Crippen LogP contribution in [0.2, 0.25) is 0 Å². The van der Waals surface area contributed by atoms with E-state index in [1.54, 1.807) is 50.0 Å². The highest BCUT2D eigenvalue weighted by Gasteiger charge is 2.08. The number of nitrogens with one attached hydrogen (secondary N) is 2. The third-order valence-electron chi connectivity index (χ3n) is 8.32. The Morgan fingerprint density at radius 2 is 0.907 bits per heavy atom. The van der Waals surface area contributed by atoms with Gasteiger partial charge in [-0.15, -0.1) is 0 Å². The number of rotatable bonds is 23. The van der Waals surface area contributed by atoms with Crippen LogP contribution < -0.4 is 38.7 Å². The highest BCUT2D eigenvalue weighted by atomic mass is 33.1. The van der Waals surface area contributed by atoms with Crippen molar-refractivity contribution < 1.29 is 37.7 Å². The van der Waals surface area contributed by atoms with Gasteiger partial charge in [-0.3, -0.25) is 9.59 Å². The fourth-order valence-corrected chi connectivity index (χ4v) is 7.17. The third kappa shape index (κ3) is 14.8. The SMILES string of the molecule is COc1ccc(C=Cc2cc[n+](CCCC(=O)NCCSSCCNC(=O)CCC[n+]3ccc(C=Cc4ccc(OC)c(OC)c4)cc3)cc2)cc1OC. The quantitative estimate of drug-likeness (QED) is 0.0500. The molecule has 12 heteroatoms. The molecule has 4 aromatic rings. The number of ether oxygens (including phenoxy) is 4. The van der Waals surface area contributed by atoms with Gasteiger partial charge in [-0.2, -0.15) is 0 Å². The van der Waals surface area contributed by atoms with Crippen LogP contribution in [0.25, 0.3) is 24.3 Å². The summed E-state index contributed by atoms with van der Waals surface area (Å²) in [6, 6.07) is 19.9. The number of carbonyl (C=O) groups excluding carboxylic acids is 2. The van der Waals surface area contributed by atoms with Crippen LogP contribution in [0.4, 0.5) is 0 Å². The predicted molar refractivity (Wildman–Crippen MR) is 220 cm³/mol. The molecule has 0 atom stereocenters. The summed E-state index contributed by atoms with van der Waals surface area (Å²) in [6.45, 7) is 2.81. The van der Waals surface area contributed by atoms with E-state index < -0.39 is 0 Å². The Kier molecular flexibility index (Phi) is 18.3. The second kappa shape index (κ2) is 23.7. The molecule has 0 bridgehead atoms. The van der Waals surface area contributed by atoms with E-state index in [1.165, 1.54) is 0 Å². The fourth-order valence-electron chi connectivity index (χ4n) is 5.36. The van der Waals surface area contributed by atoms with Crippen molar-refractivity contribution in [2.24, 2.45) is 0 Å². The van der Waals surface area contributed by atoms with Crippen molar-refractivity contribution in [3.8, 4) is 23.0 Å². The summed E-state index contributed by atoms with van der Waals surface area (Å²) in [4.78, 5) is 24.6. The van der Waals surface area contributed by atoms with Crippen molar-refractivity contribution in [3.63, 3.8) is 0 Å². The Bertz CT molecular complexity index is 1680. The average Bonchev–Trinajstić information content (AvgIpc) is 3.20. The topological polar surface area (TPSA) is 103 Å². The smallest absolute Gasteiger partial charge is 0.220 e. The molecule has 2 N–H and O–H groups in total. The second-order valence-electron chi connectivity index (χ2n) is 12.2. The van der Waals surface area contributed by atoms with E-state index in [2.05, 4.69) is 56.2 Å². The molecule has 54 heavy (non-hydrogen) atoms. The molecule has 2 aromatic heterocycles. The predicted octanol–water partition coefficient (Wildman–Crippen LogP) is 6.51. The summed E-state index contributed by atoms with van der Waals surface area (Å²) >= 11 is 0. The largest absolute Gasteiger partial charge is 0.493 e. The van der Waals surface area contributed by atoms with E-state index in [9.17, 15) is 9.59 Å². The van der Waals surface area contributed by atoms with E-state index in [4.69, 9.17) is 18.9 Å². The minimum Gasteiger partial charge on any atom is -0.493 e. The van der Waals surface area contributed by atoms with Crippen LogP contribution in [0.1, 0.15) is 47.9 Å². The van der Waals surface area contributed by atoms with Gasteiger partial charge in [0.2, 0.25) is 11.8 Å². The Morgan fingerprint density at radius 3 is 1.28 bits per heavy atom. The van der Waals surface area contributed by atoms with E-state index in [0.717, 1.165) is 59.7 Å². The molecular formula is C42H52N4O6S2+2. The monoisotopic (exact) mass is 772 g/mol. The van der Waals surface area contributed by atoms with E-state index in [-0.39, 0.29) is 11.8 Å². The molecule has 0 unspecified atom stereocenters. The van der Waals surface area contributed by atoms with Gasteiger partial charge in [0.15, 0.2) is 47.8 Å². The van der Waals surface area contributed by atoms with Gasteiger partial charge >= 0.3 is 0 Å². The number of methoxy groups -OCH3 is 4. The number of aryl methyl sites for hydroxylation is 2. The van der Waals surface area contributed by atoms with Gasteiger partial charge in [0.05, 0.1) is 28.4 Å².